The maximum Gasteiger partial charge on any atom is 0.168 e. The van der Waals surface area contributed by atoms with E-state index in [0.717, 1.165) is 12.1 Å². The predicted octanol–water partition coefficient (Wildman–Crippen LogP) is 4.20. The zero-order valence-corrected chi connectivity index (χ0v) is 10.9. The first kappa shape index (κ1) is 13.3. The number of hydrogen-bond acceptors (Lipinski definition) is 1. The molecule has 88 valence electrons. The maximum atomic E-state index is 13.5. The first-order valence-corrected chi connectivity index (χ1v) is 5.82. The normalized spacial score (nSPS) is 12.9. The van der Waals surface area contributed by atoms with Crippen LogP contribution in [0.5, 0.6) is 0 Å². The average molecular weight is 291 g/mol. The summed E-state index contributed by atoms with van der Waals surface area (Å²) >= 11 is 2.87. The number of carbonyl (C=O) groups excluding carboxylic acids is 1. The highest BCUT2D eigenvalue weighted by molar-refractivity contribution is 9.10. The van der Waals surface area contributed by atoms with Crippen molar-refractivity contribution in [3.63, 3.8) is 0 Å². The van der Waals surface area contributed by atoms with Crippen LogP contribution in [0.1, 0.15) is 31.1 Å². The van der Waals surface area contributed by atoms with Gasteiger partial charge < -0.3 is 0 Å². The van der Waals surface area contributed by atoms with Crippen molar-refractivity contribution in [2.24, 2.45) is 11.8 Å². The van der Waals surface area contributed by atoms with Crippen LogP contribution < -0.4 is 0 Å². The quantitative estimate of drug-likeness (QED) is 0.602. The van der Waals surface area contributed by atoms with Crippen molar-refractivity contribution in [2.75, 3.05) is 0 Å². The fourth-order valence-corrected chi connectivity index (χ4v) is 1.57. The molecule has 0 bridgehead atoms. The monoisotopic (exact) mass is 290 g/mol. The number of hydrogen-bond donors (Lipinski definition) is 0. The largest absolute Gasteiger partial charge is 0.294 e. The van der Waals surface area contributed by atoms with E-state index in [1.54, 1.807) is 6.92 Å². The van der Waals surface area contributed by atoms with E-state index >= 15 is 0 Å². The Labute approximate surface area is 102 Å². The van der Waals surface area contributed by atoms with Crippen LogP contribution in [0.4, 0.5) is 8.78 Å². The van der Waals surface area contributed by atoms with E-state index in [0.29, 0.717) is 0 Å². The molecule has 0 aliphatic rings. The number of halogens is 3. The van der Waals surface area contributed by atoms with Crippen molar-refractivity contribution in [1.29, 1.82) is 0 Å². The van der Waals surface area contributed by atoms with Gasteiger partial charge in [0.2, 0.25) is 0 Å². The third kappa shape index (κ3) is 2.67. The van der Waals surface area contributed by atoms with E-state index in [-0.39, 0.29) is 27.7 Å². The smallest absolute Gasteiger partial charge is 0.168 e. The second kappa shape index (κ2) is 5.04. The van der Waals surface area contributed by atoms with Gasteiger partial charge in [0.05, 0.1) is 10.0 Å². The molecule has 0 spiro atoms. The second-order valence-corrected chi connectivity index (χ2v) is 5.00. The van der Waals surface area contributed by atoms with Crippen LogP contribution in [0.15, 0.2) is 16.6 Å². The molecule has 0 aliphatic heterocycles. The average Bonchev–Trinajstić information content (AvgIpc) is 2.21. The van der Waals surface area contributed by atoms with Crippen LogP contribution in [0.25, 0.3) is 0 Å². The lowest BCUT2D eigenvalue weighted by Crippen LogP contribution is -2.18. The highest BCUT2D eigenvalue weighted by Crippen LogP contribution is 2.24. The predicted molar refractivity (Wildman–Crippen MR) is 62.4 cm³/mol. The minimum absolute atomic E-state index is 0.0266. The summed E-state index contributed by atoms with van der Waals surface area (Å²) in [4.78, 5) is 11.8. The van der Waals surface area contributed by atoms with Gasteiger partial charge in [0.25, 0.3) is 0 Å². The fraction of sp³-hybridized carbons (Fsp3) is 0.417. The van der Waals surface area contributed by atoms with E-state index in [4.69, 9.17) is 0 Å². The lowest BCUT2D eigenvalue weighted by Gasteiger charge is -2.14. The van der Waals surface area contributed by atoms with Gasteiger partial charge in [0, 0.05) is 5.92 Å². The molecule has 0 saturated heterocycles. The Morgan fingerprint density at radius 1 is 1.19 bits per heavy atom. The first-order chi connectivity index (χ1) is 7.34. The summed E-state index contributed by atoms with van der Waals surface area (Å²) in [5.41, 5.74) is -0.179. The molecule has 0 aromatic heterocycles. The molecule has 0 N–H and O–H groups in total. The standard InChI is InChI=1S/C12H13BrF2O/c1-6(2)7(3)12(16)8-4-11(15)9(13)5-10(8)14/h4-7H,1-3H3. The Morgan fingerprint density at radius 2 is 1.75 bits per heavy atom. The van der Waals surface area contributed by atoms with Gasteiger partial charge in [-0.15, -0.1) is 0 Å². The first-order valence-electron chi connectivity index (χ1n) is 5.03. The summed E-state index contributed by atoms with van der Waals surface area (Å²) in [5.74, 6) is -1.90. The lowest BCUT2D eigenvalue weighted by atomic mass is 9.89. The molecule has 4 heteroatoms. The molecule has 1 rings (SSSR count). The summed E-state index contributed by atoms with van der Waals surface area (Å²) in [7, 11) is 0. The van der Waals surface area contributed by atoms with Gasteiger partial charge in [0.15, 0.2) is 5.78 Å². The molecule has 1 aromatic carbocycles. The van der Waals surface area contributed by atoms with Crippen LogP contribution in [-0.4, -0.2) is 5.78 Å². The lowest BCUT2D eigenvalue weighted by molar-refractivity contribution is 0.0895. The summed E-state index contributed by atoms with van der Waals surface area (Å²) in [6.07, 6.45) is 0. The van der Waals surface area contributed by atoms with Crippen LogP contribution in [0.3, 0.4) is 0 Å². The molecule has 1 nitrogen and oxygen atoms in total. The zero-order valence-electron chi connectivity index (χ0n) is 9.35. The zero-order chi connectivity index (χ0) is 12.5. The van der Waals surface area contributed by atoms with Gasteiger partial charge in [-0.05, 0) is 34.0 Å². The molecule has 0 heterocycles. The summed E-state index contributed by atoms with van der Waals surface area (Å²) < 4.78 is 26.7. The van der Waals surface area contributed by atoms with Gasteiger partial charge in [-0.3, -0.25) is 4.79 Å². The van der Waals surface area contributed by atoms with Crippen LogP contribution >= 0.6 is 15.9 Å². The molecular formula is C12H13BrF2O. The van der Waals surface area contributed by atoms with E-state index in [2.05, 4.69) is 15.9 Å². The number of ketones is 1. The van der Waals surface area contributed by atoms with Crippen molar-refractivity contribution >= 4 is 21.7 Å². The minimum atomic E-state index is -0.689. The van der Waals surface area contributed by atoms with E-state index < -0.39 is 11.6 Å². The van der Waals surface area contributed by atoms with Crippen molar-refractivity contribution in [2.45, 2.75) is 20.8 Å². The SMILES string of the molecule is CC(C)C(C)C(=O)c1cc(F)c(Br)cc1F. The van der Waals surface area contributed by atoms with Gasteiger partial charge in [-0.2, -0.15) is 0 Å². The Morgan fingerprint density at radius 3 is 2.25 bits per heavy atom. The summed E-state index contributed by atoms with van der Waals surface area (Å²) in [5, 5.41) is 0. The van der Waals surface area contributed by atoms with Crippen molar-refractivity contribution in [3.8, 4) is 0 Å². The third-order valence-electron chi connectivity index (χ3n) is 2.69. The molecule has 0 aliphatic carbocycles. The molecular weight excluding hydrogens is 278 g/mol. The molecule has 1 unspecified atom stereocenters. The van der Waals surface area contributed by atoms with Crippen molar-refractivity contribution < 1.29 is 13.6 Å². The molecule has 0 fully saturated rings. The van der Waals surface area contributed by atoms with E-state index in [1.807, 2.05) is 13.8 Å². The molecule has 1 atom stereocenters. The number of benzene rings is 1. The van der Waals surface area contributed by atoms with E-state index in [9.17, 15) is 13.6 Å². The van der Waals surface area contributed by atoms with Gasteiger partial charge >= 0.3 is 0 Å². The Bertz CT molecular complexity index is 416. The number of carbonyl (C=O) groups is 1. The number of rotatable bonds is 3. The minimum Gasteiger partial charge on any atom is -0.294 e. The topological polar surface area (TPSA) is 17.1 Å². The van der Waals surface area contributed by atoms with Gasteiger partial charge in [-0.1, -0.05) is 20.8 Å². The molecule has 1 aromatic rings. The molecule has 0 radical (unpaired) electrons. The highest BCUT2D eigenvalue weighted by Gasteiger charge is 2.22. The maximum absolute atomic E-state index is 13.5. The van der Waals surface area contributed by atoms with E-state index in [1.165, 1.54) is 0 Å². The Balaban J connectivity index is 3.14. The summed E-state index contributed by atoms with van der Waals surface area (Å²) in [6.45, 7) is 5.46. The number of Topliss-reactive ketones (excluding diaryl/α,β-unsaturated/α-hetero) is 1. The van der Waals surface area contributed by atoms with Crippen LogP contribution in [0.2, 0.25) is 0 Å². The van der Waals surface area contributed by atoms with Crippen LogP contribution in [-0.2, 0) is 0 Å². The Hall–Kier alpha value is -0.770. The fourth-order valence-electron chi connectivity index (χ4n) is 1.26. The highest BCUT2D eigenvalue weighted by atomic mass is 79.9. The summed E-state index contributed by atoms with van der Waals surface area (Å²) in [6, 6.07) is 1.93. The molecule has 0 saturated carbocycles. The third-order valence-corrected chi connectivity index (χ3v) is 3.30. The molecule has 16 heavy (non-hydrogen) atoms. The van der Waals surface area contributed by atoms with Crippen molar-refractivity contribution in [3.05, 3.63) is 33.8 Å². The van der Waals surface area contributed by atoms with Crippen molar-refractivity contribution in [1.82, 2.24) is 0 Å². The second-order valence-electron chi connectivity index (χ2n) is 4.14. The van der Waals surface area contributed by atoms with Gasteiger partial charge in [0.1, 0.15) is 11.6 Å². The van der Waals surface area contributed by atoms with Gasteiger partial charge in [-0.25, -0.2) is 8.78 Å². The van der Waals surface area contributed by atoms with Crippen LogP contribution in [0, 0.1) is 23.5 Å². The molecule has 0 amide bonds. The Kier molecular flexibility index (Phi) is 4.19.